The molecule has 3 aliphatic heterocycles. The van der Waals surface area contributed by atoms with Crippen LogP contribution in [0.3, 0.4) is 0 Å². The van der Waals surface area contributed by atoms with Crippen LogP contribution in [0.5, 0.6) is 0 Å². The highest BCUT2D eigenvalue weighted by molar-refractivity contribution is 5.84. The molecule has 4 aliphatic rings. The number of ether oxygens (including phenoxy) is 1. The molecule has 1 aromatic carbocycles. The van der Waals surface area contributed by atoms with E-state index in [0.29, 0.717) is 13.2 Å². The van der Waals surface area contributed by atoms with Crippen molar-refractivity contribution in [2.24, 2.45) is 0 Å². The van der Waals surface area contributed by atoms with E-state index >= 15 is 0 Å². The second kappa shape index (κ2) is 8.82. The largest absolute Gasteiger partial charge is 0.378 e. The van der Waals surface area contributed by atoms with Gasteiger partial charge in [-0.05, 0) is 73.2 Å². The summed E-state index contributed by atoms with van der Waals surface area (Å²) < 4.78 is 5.87. The number of fused-ring (bicyclic) bond motifs is 2. The van der Waals surface area contributed by atoms with E-state index in [4.69, 9.17) is 4.74 Å². The maximum Gasteiger partial charge on any atom is 0.320 e. The van der Waals surface area contributed by atoms with E-state index in [1.165, 1.54) is 40.7 Å². The SMILES string of the molecule is Cc1c[nH]c2ncc(-c3cc4c(c([C@@H]5COCCN5)c3)CN(C(=O)N3CCN(C)C5(CC5)C3)CC4)cc12. The average molecular weight is 501 g/mol. The third kappa shape index (κ3) is 4.02. The van der Waals surface area contributed by atoms with Crippen LogP contribution in [0, 0.1) is 6.92 Å². The van der Waals surface area contributed by atoms with Gasteiger partial charge in [0.1, 0.15) is 5.65 Å². The molecule has 2 N–H and O–H groups in total. The Morgan fingerprint density at radius 3 is 2.84 bits per heavy atom. The molecule has 7 rings (SSSR count). The number of hydrogen-bond acceptors (Lipinski definition) is 5. The lowest BCUT2D eigenvalue weighted by Crippen LogP contribution is -2.58. The Morgan fingerprint density at radius 2 is 2.03 bits per heavy atom. The number of benzene rings is 1. The van der Waals surface area contributed by atoms with Crippen LogP contribution in [0.25, 0.3) is 22.2 Å². The highest BCUT2D eigenvalue weighted by Crippen LogP contribution is 2.43. The van der Waals surface area contributed by atoms with Gasteiger partial charge in [-0.25, -0.2) is 9.78 Å². The number of aromatic amines is 1. The molecule has 1 spiro atoms. The normalized spacial score (nSPS) is 23.5. The van der Waals surface area contributed by atoms with Crippen LogP contribution in [0.1, 0.15) is 41.1 Å². The van der Waals surface area contributed by atoms with Crippen molar-refractivity contribution in [3.05, 3.63) is 52.8 Å². The summed E-state index contributed by atoms with van der Waals surface area (Å²) in [5.41, 5.74) is 8.56. The number of carbonyl (C=O) groups is 1. The number of hydrogen-bond donors (Lipinski definition) is 2. The molecule has 8 nitrogen and oxygen atoms in total. The van der Waals surface area contributed by atoms with E-state index in [1.807, 2.05) is 12.4 Å². The number of morpholine rings is 1. The predicted octanol–water partition coefficient (Wildman–Crippen LogP) is 3.46. The minimum atomic E-state index is 0.126. The fraction of sp³-hybridized carbons (Fsp3) is 0.517. The fourth-order valence-electron chi connectivity index (χ4n) is 6.51. The molecule has 3 fully saturated rings. The molecular formula is C29H36N6O2. The predicted molar refractivity (Wildman–Crippen MR) is 144 cm³/mol. The van der Waals surface area contributed by atoms with Gasteiger partial charge >= 0.3 is 6.03 Å². The standard InChI is InChI=1S/C29H36N6O2/c1-19-14-31-27-23(19)13-22(15-32-27)21-11-20-3-7-34(16-25(20)24(12-21)26-17-37-10-6-30-26)28(36)35-9-8-33(2)29(18-35)4-5-29/h11-15,26,30H,3-10,16-18H2,1-2H3,(H,31,32)/t26-/m0/s1. The molecule has 37 heavy (non-hydrogen) atoms. The van der Waals surface area contributed by atoms with E-state index in [9.17, 15) is 4.79 Å². The van der Waals surface area contributed by atoms with E-state index in [-0.39, 0.29) is 17.6 Å². The van der Waals surface area contributed by atoms with Crippen LogP contribution in [0.15, 0.2) is 30.6 Å². The van der Waals surface area contributed by atoms with Crippen molar-refractivity contribution in [3.63, 3.8) is 0 Å². The topological polar surface area (TPSA) is 76.7 Å². The van der Waals surface area contributed by atoms with Gasteiger partial charge in [0, 0.05) is 68.2 Å². The van der Waals surface area contributed by atoms with Crippen LogP contribution >= 0.6 is 0 Å². The lowest BCUT2D eigenvalue weighted by Gasteiger charge is -2.43. The summed E-state index contributed by atoms with van der Waals surface area (Å²) in [6.45, 7) is 8.41. The zero-order valence-electron chi connectivity index (χ0n) is 21.8. The van der Waals surface area contributed by atoms with Gasteiger partial charge in [-0.15, -0.1) is 0 Å². The van der Waals surface area contributed by atoms with Crippen LogP contribution in [-0.4, -0.2) is 89.2 Å². The minimum absolute atomic E-state index is 0.126. The zero-order chi connectivity index (χ0) is 25.1. The van der Waals surface area contributed by atoms with Crippen molar-refractivity contribution in [1.82, 2.24) is 30.0 Å². The quantitative estimate of drug-likeness (QED) is 0.564. The van der Waals surface area contributed by atoms with Crippen molar-refractivity contribution in [2.45, 2.75) is 44.3 Å². The monoisotopic (exact) mass is 500 g/mol. The maximum atomic E-state index is 13.7. The van der Waals surface area contributed by atoms with E-state index in [1.54, 1.807) is 0 Å². The number of likely N-dealkylation sites (N-methyl/N-ethyl adjacent to an activating group) is 1. The molecule has 0 radical (unpaired) electrons. The summed E-state index contributed by atoms with van der Waals surface area (Å²) in [5.74, 6) is 0. The summed E-state index contributed by atoms with van der Waals surface area (Å²) in [7, 11) is 2.21. The molecule has 194 valence electrons. The van der Waals surface area contributed by atoms with Crippen molar-refractivity contribution >= 4 is 17.1 Å². The van der Waals surface area contributed by atoms with Gasteiger partial charge in [0.15, 0.2) is 0 Å². The van der Waals surface area contributed by atoms with Gasteiger partial charge in [-0.1, -0.05) is 6.07 Å². The summed E-state index contributed by atoms with van der Waals surface area (Å²) in [6.07, 6.45) is 7.26. The number of rotatable bonds is 2. The number of H-pyrrole nitrogens is 1. The first-order valence-corrected chi connectivity index (χ1v) is 13.7. The molecule has 0 bridgehead atoms. The van der Waals surface area contributed by atoms with Crippen LogP contribution in [0.4, 0.5) is 4.79 Å². The van der Waals surface area contributed by atoms with Crippen LogP contribution < -0.4 is 5.32 Å². The molecule has 0 unspecified atom stereocenters. The Hall–Kier alpha value is -2.94. The number of pyridine rings is 1. The molecular weight excluding hydrogens is 464 g/mol. The number of nitrogens with one attached hydrogen (secondary N) is 2. The Balaban J connectivity index is 1.22. The van der Waals surface area contributed by atoms with Crippen molar-refractivity contribution in [2.75, 3.05) is 53.0 Å². The maximum absolute atomic E-state index is 13.7. The summed E-state index contributed by atoms with van der Waals surface area (Å²) in [5, 5.41) is 4.83. The molecule has 2 aromatic heterocycles. The second-order valence-electron chi connectivity index (χ2n) is 11.4. The van der Waals surface area contributed by atoms with E-state index in [0.717, 1.165) is 62.3 Å². The Bertz CT molecular complexity index is 1360. The first-order valence-electron chi connectivity index (χ1n) is 13.7. The van der Waals surface area contributed by atoms with Crippen molar-refractivity contribution in [3.8, 4) is 11.1 Å². The third-order valence-electron chi connectivity index (χ3n) is 9.11. The molecule has 1 aliphatic carbocycles. The van der Waals surface area contributed by atoms with Gasteiger partial charge < -0.3 is 24.8 Å². The Morgan fingerprint density at radius 1 is 1.14 bits per heavy atom. The molecule has 5 heterocycles. The fourth-order valence-corrected chi connectivity index (χ4v) is 6.51. The highest BCUT2D eigenvalue weighted by atomic mass is 16.5. The second-order valence-corrected chi connectivity index (χ2v) is 11.4. The lowest BCUT2D eigenvalue weighted by molar-refractivity contribution is 0.0734. The van der Waals surface area contributed by atoms with Crippen LogP contribution in [-0.2, 0) is 17.7 Å². The average Bonchev–Trinajstić information content (AvgIpc) is 3.62. The molecule has 3 aromatic rings. The van der Waals surface area contributed by atoms with Gasteiger partial charge in [-0.2, -0.15) is 0 Å². The first-order chi connectivity index (χ1) is 18.0. The number of amides is 2. The van der Waals surface area contributed by atoms with Crippen molar-refractivity contribution in [1.29, 1.82) is 0 Å². The minimum Gasteiger partial charge on any atom is -0.378 e. The number of aromatic nitrogens is 2. The number of aryl methyl sites for hydroxylation is 1. The highest BCUT2D eigenvalue weighted by Gasteiger charge is 2.50. The Labute approximate surface area is 218 Å². The molecule has 1 atom stereocenters. The van der Waals surface area contributed by atoms with Crippen LogP contribution in [0.2, 0.25) is 0 Å². The molecule has 2 amide bonds. The smallest absolute Gasteiger partial charge is 0.320 e. The summed E-state index contributed by atoms with van der Waals surface area (Å²) >= 11 is 0. The molecule has 1 saturated carbocycles. The van der Waals surface area contributed by atoms with E-state index in [2.05, 4.69) is 62.2 Å². The number of urea groups is 1. The first kappa shape index (κ1) is 23.2. The zero-order valence-corrected chi connectivity index (χ0v) is 21.8. The van der Waals surface area contributed by atoms with E-state index < -0.39 is 0 Å². The molecule has 2 saturated heterocycles. The number of piperazine rings is 1. The summed E-state index contributed by atoms with van der Waals surface area (Å²) in [4.78, 5) is 28.2. The van der Waals surface area contributed by atoms with Gasteiger partial charge in [0.2, 0.25) is 0 Å². The third-order valence-corrected chi connectivity index (χ3v) is 9.11. The summed E-state index contributed by atoms with van der Waals surface area (Å²) in [6, 6.07) is 7.19. The molecule has 8 heteroatoms. The number of nitrogens with zero attached hydrogens (tertiary/aromatic N) is 4. The Kier molecular flexibility index (Phi) is 5.53. The van der Waals surface area contributed by atoms with Gasteiger partial charge in [0.25, 0.3) is 0 Å². The van der Waals surface area contributed by atoms with Gasteiger partial charge in [-0.3, -0.25) is 4.90 Å². The van der Waals surface area contributed by atoms with Crippen molar-refractivity contribution < 1.29 is 9.53 Å². The lowest BCUT2D eigenvalue weighted by atomic mass is 9.87. The number of carbonyl (C=O) groups excluding carboxylic acids is 1. The van der Waals surface area contributed by atoms with Gasteiger partial charge in [0.05, 0.1) is 19.3 Å².